The van der Waals surface area contributed by atoms with Crippen LogP contribution in [0.3, 0.4) is 0 Å². The third-order valence-electron chi connectivity index (χ3n) is 5.95. The van der Waals surface area contributed by atoms with Crippen molar-refractivity contribution in [1.82, 2.24) is 0 Å². The molecule has 0 amide bonds. The van der Waals surface area contributed by atoms with Crippen LogP contribution in [-0.4, -0.2) is 49.4 Å². The Balaban J connectivity index is 1.47. The fraction of sp³-hybridized carbons (Fsp3) is 0.276. The predicted octanol–water partition coefficient (Wildman–Crippen LogP) is 4.62. The molecule has 3 aromatic rings. The molecule has 36 heavy (non-hydrogen) atoms. The predicted molar refractivity (Wildman–Crippen MR) is 132 cm³/mol. The van der Waals surface area contributed by atoms with Gasteiger partial charge < -0.3 is 18.9 Å². The summed E-state index contributed by atoms with van der Waals surface area (Å²) in [5.74, 6) is -1.67. The van der Waals surface area contributed by atoms with E-state index in [0.29, 0.717) is 16.7 Å². The van der Waals surface area contributed by atoms with Crippen LogP contribution in [0.5, 0.6) is 0 Å². The standard InChI is InChI=1S/C29H28O7/c1-18-4-10-21(11-5-18)27(30)34-16-24-26(36-29(32)23-14-8-20(3)9-15-23)25(17-33-24)35-28(31)22-12-6-19(2)7-13-22/h4-15,24-26H,16-17H2,1-3H3/t24-,25-,26-/m0/s1. The molecule has 0 unspecified atom stereocenters. The van der Waals surface area contributed by atoms with E-state index in [4.69, 9.17) is 18.9 Å². The maximum Gasteiger partial charge on any atom is 0.338 e. The highest BCUT2D eigenvalue weighted by atomic mass is 16.6. The van der Waals surface area contributed by atoms with Gasteiger partial charge in [-0.3, -0.25) is 0 Å². The fourth-order valence-corrected chi connectivity index (χ4v) is 3.75. The minimum absolute atomic E-state index is 0.00378. The molecule has 4 rings (SSSR count). The minimum atomic E-state index is -0.959. The lowest BCUT2D eigenvalue weighted by Crippen LogP contribution is -2.40. The molecule has 1 saturated heterocycles. The van der Waals surface area contributed by atoms with Gasteiger partial charge in [0.25, 0.3) is 0 Å². The number of carbonyl (C=O) groups is 3. The molecular formula is C29H28O7. The number of aryl methyl sites for hydroxylation is 3. The van der Waals surface area contributed by atoms with Gasteiger partial charge in [0.05, 0.1) is 23.3 Å². The summed E-state index contributed by atoms with van der Waals surface area (Å²) >= 11 is 0. The Morgan fingerprint density at radius 1 is 0.667 bits per heavy atom. The summed E-state index contributed by atoms with van der Waals surface area (Å²) < 4.78 is 22.6. The van der Waals surface area contributed by atoms with Gasteiger partial charge in [0.1, 0.15) is 12.7 Å². The first-order valence-corrected chi connectivity index (χ1v) is 11.7. The average Bonchev–Trinajstić information content (AvgIpc) is 3.24. The van der Waals surface area contributed by atoms with Crippen LogP contribution in [0.1, 0.15) is 47.8 Å². The summed E-state index contributed by atoms with van der Waals surface area (Å²) in [7, 11) is 0. The molecule has 3 aromatic carbocycles. The summed E-state index contributed by atoms with van der Waals surface area (Å²) in [5, 5.41) is 0. The van der Waals surface area contributed by atoms with Gasteiger partial charge in [-0.15, -0.1) is 0 Å². The van der Waals surface area contributed by atoms with Gasteiger partial charge in [0.15, 0.2) is 12.2 Å². The zero-order valence-corrected chi connectivity index (χ0v) is 20.4. The summed E-state index contributed by atoms with van der Waals surface area (Å²) in [6.45, 7) is 5.59. The third-order valence-corrected chi connectivity index (χ3v) is 5.95. The molecule has 1 heterocycles. The summed E-state index contributed by atoms with van der Waals surface area (Å²) in [4.78, 5) is 38.1. The Morgan fingerprint density at radius 2 is 1.08 bits per heavy atom. The van der Waals surface area contributed by atoms with Gasteiger partial charge in [-0.1, -0.05) is 53.1 Å². The Kier molecular flexibility index (Phi) is 7.80. The van der Waals surface area contributed by atoms with Gasteiger partial charge in [-0.2, -0.15) is 0 Å². The number of rotatable bonds is 7. The Bertz CT molecular complexity index is 1210. The van der Waals surface area contributed by atoms with Gasteiger partial charge in [0, 0.05) is 0 Å². The zero-order chi connectivity index (χ0) is 25.7. The van der Waals surface area contributed by atoms with Gasteiger partial charge >= 0.3 is 17.9 Å². The lowest BCUT2D eigenvalue weighted by molar-refractivity contribution is -0.0433. The monoisotopic (exact) mass is 488 g/mol. The van der Waals surface area contributed by atoms with E-state index < -0.39 is 36.2 Å². The Morgan fingerprint density at radius 3 is 1.56 bits per heavy atom. The molecule has 0 bridgehead atoms. The molecule has 0 N–H and O–H groups in total. The second-order valence-electron chi connectivity index (χ2n) is 8.88. The van der Waals surface area contributed by atoms with Gasteiger partial charge in [0.2, 0.25) is 0 Å². The van der Waals surface area contributed by atoms with Crippen LogP contribution in [0.2, 0.25) is 0 Å². The van der Waals surface area contributed by atoms with E-state index in [2.05, 4.69) is 0 Å². The van der Waals surface area contributed by atoms with Crippen LogP contribution >= 0.6 is 0 Å². The van der Waals surface area contributed by atoms with Crippen LogP contribution < -0.4 is 0 Å². The first-order chi connectivity index (χ1) is 17.3. The lowest BCUT2D eigenvalue weighted by Gasteiger charge is -2.23. The average molecular weight is 489 g/mol. The van der Waals surface area contributed by atoms with E-state index in [-0.39, 0.29) is 13.2 Å². The van der Waals surface area contributed by atoms with Crippen LogP contribution in [-0.2, 0) is 18.9 Å². The first kappa shape index (κ1) is 25.1. The number of ether oxygens (including phenoxy) is 4. The highest BCUT2D eigenvalue weighted by Crippen LogP contribution is 2.24. The normalized spacial score (nSPS) is 18.9. The van der Waals surface area contributed by atoms with E-state index in [1.807, 2.05) is 45.0 Å². The highest BCUT2D eigenvalue weighted by Gasteiger charge is 2.44. The van der Waals surface area contributed by atoms with Crippen LogP contribution in [0.15, 0.2) is 72.8 Å². The van der Waals surface area contributed by atoms with Crippen LogP contribution in [0.25, 0.3) is 0 Å². The molecule has 1 fully saturated rings. The van der Waals surface area contributed by atoms with E-state index in [1.165, 1.54) is 0 Å². The SMILES string of the molecule is Cc1ccc(C(=O)OC[C@@H]2OC[C@H](OC(=O)c3ccc(C)cc3)[C@H]2OC(=O)c2ccc(C)cc2)cc1. The second kappa shape index (κ2) is 11.2. The maximum absolute atomic E-state index is 12.9. The van der Waals surface area contributed by atoms with Crippen molar-refractivity contribution in [3.05, 3.63) is 106 Å². The number of hydrogen-bond donors (Lipinski definition) is 0. The van der Waals surface area contributed by atoms with Crippen molar-refractivity contribution >= 4 is 17.9 Å². The first-order valence-electron chi connectivity index (χ1n) is 11.7. The van der Waals surface area contributed by atoms with E-state index in [1.54, 1.807) is 48.5 Å². The molecule has 1 aliphatic heterocycles. The second-order valence-corrected chi connectivity index (χ2v) is 8.88. The quantitative estimate of drug-likeness (QED) is 0.354. The summed E-state index contributed by atoms with van der Waals surface area (Å²) in [6, 6.07) is 20.9. The smallest absolute Gasteiger partial charge is 0.338 e. The van der Waals surface area contributed by atoms with E-state index >= 15 is 0 Å². The van der Waals surface area contributed by atoms with Crippen molar-refractivity contribution in [1.29, 1.82) is 0 Å². The summed E-state index contributed by atoms with van der Waals surface area (Å²) in [6.07, 6.45) is -2.63. The Hall–Kier alpha value is -3.97. The molecule has 0 radical (unpaired) electrons. The highest BCUT2D eigenvalue weighted by molar-refractivity contribution is 5.91. The Labute approximate surface area is 209 Å². The maximum atomic E-state index is 12.9. The van der Waals surface area contributed by atoms with Crippen LogP contribution in [0, 0.1) is 20.8 Å². The largest absolute Gasteiger partial charge is 0.459 e. The van der Waals surface area contributed by atoms with Gasteiger partial charge in [-0.25, -0.2) is 14.4 Å². The third kappa shape index (κ3) is 6.17. The zero-order valence-electron chi connectivity index (χ0n) is 20.4. The molecule has 186 valence electrons. The van der Waals surface area contributed by atoms with Crippen molar-refractivity contribution in [3.63, 3.8) is 0 Å². The molecule has 7 nitrogen and oxygen atoms in total. The topological polar surface area (TPSA) is 88.1 Å². The summed E-state index contributed by atoms with van der Waals surface area (Å²) in [5.41, 5.74) is 4.16. The number of benzene rings is 3. The van der Waals surface area contributed by atoms with Crippen molar-refractivity contribution < 1.29 is 33.3 Å². The molecule has 0 spiro atoms. The fourth-order valence-electron chi connectivity index (χ4n) is 3.75. The molecule has 0 saturated carbocycles. The van der Waals surface area contributed by atoms with Crippen molar-refractivity contribution in [3.8, 4) is 0 Å². The minimum Gasteiger partial charge on any atom is -0.459 e. The molecule has 3 atom stereocenters. The molecular weight excluding hydrogens is 460 g/mol. The van der Waals surface area contributed by atoms with Gasteiger partial charge in [-0.05, 0) is 57.2 Å². The number of carbonyl (C=O) groups excluding carboxylic acids is 3. The van der Waals surface area contributed by atoms with Crippen molar-refractivity contribution in [2.45, 2.75) is 39.1 Å². The molecule has 0 aliphatic carbocycles. The van der Waals surface area contributed by atoms with Crippen molar-refractivity contribution in [2.75, 3.05) is 13.2 Å². The molecule has 7 heteroatoms. The van der Waals surface area contributed by atoms with Crippen molar-refractivity contribution in [2.24, 2.45) is 0 Å². The molecule has 1 aliphatic rings. The molecule has 0 aromatic heterocycles. The lowest BCUT2D eigenvalue weighted by atomic mass is 10.1. The number of hydrogen-bond acceptors (Lipinski definition) is 7. The van der Waals surface area contributed by atoms with E-state index in [0.717, 1.165) is 16.7 Å². The van der Waals surface area contributed by atoms with E-state index in [9.17, 15) is 14.4 Å². The van der Waals surface area contributed by atoms with Crippen LogP contribution in [0.4, 0.5) is 0 Å². The number of esters is 3.